The second-order valence-electron chi connectivity index (χ2n) is 3.73. The summed E-state index contributed by atoms with van der Waals surface area (Å²) in [5.74, 6) is 0. The van der Waals surface area contributed by atoms with E-state index in [1.807, 2.05) is 29.8 Å². The molecule has 0 unspecified atom stereocenters. The monoisotopic (exact) mass is 295 g/mol. The Bertz CT molecular complexity index is 648. The minimum absolute atomic E-state index is 0.750. The maximum Gasteiger partial charge on any atom is 0.183 e. The van der Waals surface area contributed by atoms with E-state index >= 15 is 0 Å². The summed E-state index contributed by atoms with van der Waals surface area (Å²) < 4.78 is 1.11. The summed E-state index contributed by atoms with van der Waals surface area (Å²) in [4.78, 5) is 8.75. The van der Waals surface area contributed by atoms with Crippen LogP contribution in [0.2, 0.25) is 5.02 Å². The number of hydrogen-bond donors (Lipinski definition) is 1. The molecular formula is C12H10ClN3S2. The van der Waals surface area contributed by atoms with Gasteiger partial charge in [-0.1, -0.05) is 22.9 Å². The molecule has 0 aliphatic carbocycles. The van der Waals surface area contributed by atoms with Crippen LogP contribution >= 0.6 is 34.3 Å². The summed E-state index contributed by atoms with van der Waals surface area (Å²) in [6.07, 6.45) is 2.76. The van der Waals surface area contributed by atoms with E-state index < -0.39 is 0 Å². The van der Waals surface area contributed by atoms with Crippen molar-refractivity contribution in [3.05, 3.63) is 39.8 Å². The first-order valence-electron chi connectivity index (χ1n) is 5.49. The Morgan fingerprint density at radius 2 is 2.28 bits per heavy atom. The van der Waals surface area contributed by atoms with E-state index in [0.29, 0.717) is 0 Å². The SMILES string of the molecule is Clc1ccc2nc(NCCc3nccs3)sc2c1. The van der Waals surface area contributed by atoms with Crippen molar-refractivity contribution < 1.29 is 0 Å². The van der Waals surface area contributed by atoms with Crippen molar-refractivity contribution in [3.63, 3.8) is 0 Å². The van der Waals surface area contributed by atoms with Crippen molar-refractivity contribution in [2.24, 2.45) is 0 Å². The first-order valence-corrected chi connectivity index (χ1v) is 7.57. The average Bonchev–Trinajstić information content (AvgIpc) is 2.97. The molecule has 18 heavy (non-hydrogen) atoms. The molecule has 3 aromatic rings. The molecule has 0 aliphatic heterocycles. The summed E-state index contributed by atoms with van der Waals surface area (Å²) in [6, 6.07) is 5.75. The third-order valence-corrected chi connectivity index (χ3v) is 4.50. The van der Waals surface area contributed by atoms with Crippen LogP contribution in [-0.2, 0) is 6.42 Å². The lowest BCUT2D eigenvalue weighted by atomic mass is 10.3. The van der Waals surface area contributed by atoms with Gasteiger partial charge in [-0.05, 0) is 18.2 Å². The van der Waals surface area contributed by atoms with Gasteiger partial charge in [-0.2, -0.15) is 0 Å². The van der Waals surface area contributed by atoms with Gasteiger partial charge in [-0.3, -0.25) is 0 Å². The number of aromatic nitrogens is 2. The van der Waals surface area contributed by atoms with Gasteiger partial charge in [0.25, 0.3) is 0 Å². The fourth-order valence-corrected chi connectivity index (χ4v) is 3.41. The van der Waals surface area contributed by atoms with Gasteiger partial charge in [0.1, 0.15) is 0 Å². The molecule has 0 saturated heterocycles. The molecule has 2 aromatic heterocycles. The Morgan fingerprint density at radius 3 is 3.11 bits per heavy atom. The summed E-state index contributed by atoms with van der Waals surface area (Å²) in [5, 5.41) is 8.15. The van der Waals surface area contributed by atoms with Crippen molar-refractivity contribution in [2.45, 2.75) is 6.42 Å². The second kappa shape index (κ2) is 5.22. The van der Waals surface area contributed by atoms with Crippen molar-refractivity contribution in [3.8, 4) is 0 Å². The number of nitrogens with one attached hydrogen (secondary N) is 1. The van der Waals surface area contributed by atoms with Gasteiger partial charge in [0.2, 0.25) is 0 Å². The minimum Gasteiger partial charge on any atom is -0.361 e. The van der Waals surface area contributed by atoms with Gasteiger partial charge >= 0.3 is 0 Å². The number of hydrogen-bond acceptors (Lipinski definition) is 5. The first-order chi connectivity index (χ1) is 8.81. The molecule has 0 fully saturated rings. The van der Waals surface area contributed by atoms with E-state index in [9.17, 15) is 0 Å². The van der Waals surface area contributed by atoms with Crippen LogP contribution in [0.25, 0.3) is 10.2 Å². The van der Waals surface area contributed by atoms with Gasteiger partial charge in [0.05, 0.1) is 15.2 Å². The van der Waals surface area contributed by atoms with E-state index in [0.717, 1.165) is 38.3 Å². The first kappa shape index (κ1) is 11.9. The van der Waals surface area contributed by atoms with Crippen molar-refractivity contribution >= 4 is 49.6 Å². The lowest BCUT2D eigenvalue weighted by Crippen LogP contribution is -2.03. The largest absolute Gasteiger partial charge is 0.361 e. The maximum absolute atomic E-state index is 5.95. The predicted molar refractivity (Wildman–Crippen MR) is 78.9 cm³/mol. The zero-order valence-electron chi connectivity index (χ0n) is 9.39. The Kier molecular flexibility index (Phi) is 3.45. The second-order valence-corrected chi connectivity index (χ2v) is 6.18. The smallest absolute Gasteiger partial charge is 0.183 e. The van der Waals surface area contributed by atoms with Crippen molar-refractivity contribution in [2.75, 3.05) is 11.9 Å². The van der Waals surface area contributed by atoms with E-state index in [-0.39, 0.29) is 0 Å². The van der Waals surface area contributed by atoms with E-state index in [1.165, 1.54) is 0 Å². The molecule has 3 nitrogen and oxygen atoms in total. The van der Waals surface area contributed by atoms with Crippen molar-refractivity contribution in [1.82, 2.24) is 9.97 Å². The highest BCUT2D eigenvalue weighted by Gasteiger charge is 2.04. The zero-order chi connectivity index (χ0) is 12.4. The maximum atomic E-state index is 5.95. The number of fused-ring (bicyclic) bond motifs is 1. The Balaban J connectivity index is 1.67. The number of benzene rings is 1. The molecule has 0 radical (unpaired) electrons. The molecule has 0 bridgehead atoms. The normalized spacial score (nSPS) is 10.9. The van der Waals surface area contributed by atoms with Gasteiger partial charge < -0.3 is 5.32 Å². The molecule has 2 heterocycles. The Labute approximate surface area is 117 Å². The predicted octanol–water partition coefficient (Wildman–Crippen LogP) is 4.06. The quantitative estimate of drug-likeness (QED) is 0.789. The summed E-state index contributed by atoms with van der Waals surface area (Å²) in [6.45, 7) is 0.848. The van der Waals surface area contributed by atoms with Gasteiger partial charge in [0.15, 0.2) is 5.13 Å². The molecule has 0 aliphatic rings. The topological polar surface area (TPSA) is 37.8 Å². The summed E-state index contributed by atoms with van der Waals surface area (Å²) >= 11 is 9.26. The molecule has 0 atom stereocenters. The van der Waals surface area contributed by atoms with Gasteiger partial charge in [-0.15, -0.1) is 11.3 Å². The fourth-order valence-electron chi connectivity index (χ4n) is 1.63. The molecule has 6 heteroatoms. The van der Waals surface area contributed by atoms with E-state index in [2.05, 4.69) is 15.3 Å². The standard InChI is InChI=1S/C12H10ClN3S2/c13-8-1-2-9-10(7-8)18-12(16-9)15-4-3-11-14-5-6-17-11/h1-2,5-7H,3-4H2,(H,15,16). The lowest BCUT2D eigenvalue weighted by Gasteiger charge is -1.98. The van der Waals surface area contributed by atoms with Gasteiger partial charge in [0, 0.05) is 29.6 Å². The van der Waals surface area contributed by atoms with Crippen LogP contribution in [0.4, 0.5) is 5.13 Å². The third kappa shape index (κ3) is 2.63. The lowest BCUT2D eigenvalue weighted by molar-refractivity contribution is 0.996. The van der Waals surface area contributed by atoms with Crippen LogP contribution in [0.15, 0.2) is 29.8 Å². The van der Waals surface area contributed by atoms with Crippen LogP contribution in [0, 0.1) is 0 Å². The number of anilines is 1. The number of thiazole rings is 2. The number of nitrogens with zero attached hydrogens (tertiary/aromatic N) is 2. The molecule has 92 valence electrons. The van der Waals surface area contributed by atoms with Crippen LogP contribution in [-0.4, -0.2) is 16.5 Å². The third-order valence-electron chi connectivity index (χ3n) is 2.45. The Hall–Kier alpha value is -1.17. The van der Waals surface area contributed by atoms with E-state index in [4.69, 9.17) is 11.6 Å². The highest BCUT2D eigenvalue weighted by molar-refractivity contribution is 7.22. The minimum atomic E-state index is 0.750. The summed E-state index contributed by atoms with van der Waals surface area (Å²) in [7, 11) is 0. The summed E-state index contributed by atoms with van der Waals surface area (Å²) in [5.41, 5.74) is 0.987. The molecule has 0 spiro atoms. The number of rotatable bonds is 4. The van der Waals surface area contributed by atoms with Gasteiger partial charge in [-0.25, -0.2) is 9.97 Å². The molecule has 3 rings (SSSR count). The highest BCUT2D eigenvalue weighted by Crippen LogP contribution is 2.28. The molecule has 0 saturated carbocycles. The zero-order valence-corrected chi connectivity index (χ0v) is 11.8. The highest BCUT2D eigenvalue weighted by atomic mass is 35.5. The van der Waals surface area contributed by atoms with Crippen molar-refractivity contribution in [1.29, 1.82) is 0 Å². The molecule has 1 aromatic carbocycles. The van der Waals surface area contributed by atoms with Crippen LogP contribution < -0.4 is 5.32 Å². The average molecular weight is 296 g/mol. The van der Waals surface area contributed by atoms with Crippen LogP contribution in [0.1, 0.15) is 5.01 Å². The molecule has 1 N–H and O–H groups in total. The fraction of sp³-hybridized carbons (Fsp3) is 0.167. The Morgan fingerprint density at radius 1 is 1.33 bits per heavy atom. The van der Waals surface area contributed by atoms with E-state index in [1.54, 1.807) is 22.7 Å². The number of halogens is 1. The van der Waals surface area contributed by atoms with Crippen LogP contribution in [0.5, 0.6) is 0 Å². The molecular weight excluding hydrogens is 286 g/mol. The molecule has 0 amide bonds. The van der Waals surface area contributed by atoms with Crippen LogP contribution in [0.3, 0.4) is 0 Å².